The second-order valence-electron chi connectivity index (χ2n) is 6.72. The lowest BCUT2D eigenvalue weighted by atomic mass is 9.80. The number of hydrogen-bond donors (Lipinski definition) is 1. The standard InChI is InChI=1S/C12H24N2O7S2/c1-12(2,3)10-9(8-21-23(5,19)20)14(22(4,17)18)7-6-13(10)11(15)16/h9-10H,6-8H2,1-5H3,(H,15,16)/t9?,10-/m0/s1. The normalized spacial score (nSPS) is 24.7. The highest BCUT2D eigenvalue weighted by molar-refractivity contribution is 7.88. The van der Waals surface area contributed by atoms with Crippen LogP contribution in [0.4, 0.5) is 4.79 Å². The maximum absolute atomic E-state index is 12.0. The van der Waals surface area contributed by atoms with Gasteiger partial charge in [0.15, 0.2) is 0 Å². The molecule has 0 radical (unpaired) electrons. The van der Waals surface area contributed by atoms with E-state index in [0.717, 1.165) is 21.7 Å². The van der Waals surface area contributed by atoms with Crippen LogP contribution < -0.4 is 0 Å². The second kappa shape index (κ2) is 6.54. The van der Waals surface area contributed by atoms with E-state index in [1.165, 1.54) is 0 Å². The van der Waals surface area contributed by atoms with E-state index in [2.05, 4.69) is 0 Å². The Bertz CT molecular complexity index is 651. The molecule has 0 aromatic carbocycles. The average Bonchev–Trinajstić information content (AvgIpc) is 2.31. The van der Waals surface area contributed by atoms with Crippen molar-refractivity contribution < 1.29 is 30.9 Å². The van der Waals surface area contributed by atoms with E-state index in [4.69, 9.17) is 4.18 Å². The van der Waals surface area contributed by atoms with Gasteiger partial charge in [0.25, 0.3) is 10.1 Å². The fourth-order valence-electron chi connectivity index (χ4n) is 2.92. The molecule has 1 amide bonds. The van der Waals surface area contributed by atoms with E-state index in [9.17, 15) is 26.7 Å². The van der Waals surface area contributed by atoms with Crippen LogP contribution >= 0.6 is 0 Å². The van der Waals surface area contributed by atoms with Gasteiger partial charge in [0.2, 0.25) is 10.0 Å². The molecule has 1 heterocycles. The van der Waals surface area contributed by atoms with Crippen molar-refractivity contribution in [1.29, 1.82) is 0 Å². The minimum Gasteiger partial charge on any atom is -0.465 e. The van der Waals surface area contributed by atoms with Crippen molar-refractivity contribution in [2.45, 2.75) is 32.9 Å². The van der Waals surface area contributed by atoms with Crippen LogP contribution in [0.1, 0.15) is 20.8 Å². The number of amides is 1. The van der Waals surface area contributed by atoms with E-state index in [1.807, 2.05) is 0 Å². The van der Waals surface area contributed by atoms with Gasteiger partial charge in [0.1, 0.15) is 0 Å². The van der Waals surface area contributed by atoms with Crippen molar-refractivity contribution >= 4 is 26.2 Å². The highest BCUT2D eigenvalue weighted by atomic mass is 32.2. The summed E-state index contributed by atoms with van der Waals surface area (Å²) in [5.74, 6) is 0. The molecule has 1 aliphatic rings. The van der Waals surface area contributed by atoms with Crippen molar-refractivity contribution in [1.82, 2.24) is 9.21 Å². The molecule has 1 unspecified atom stereocenters. The summed E-state index contributed by atoms with van der Waals surface area (Å²) in [4.78, 5) is 12.7. The van der Waals surface area contributed by atoms with Crippen LogP contribution in [0.3, 0.4) is 0 Å². The molecular formula is C12H24N2O7S2. The Balaban J connectivity index is 3.32. The molecule has 0 aromatic heterocycles. The molecule has 2 atom stereocenters. The summed E-state index contributed by atoms with van der Waals surface area (Å²) < 4.78 is 52.5. The number of sulfonamides is 1. The van der Waals surface area contributed by atoms with Gasteiger partial charge in [-0.2, -0.15) is 12.7 Å². The number of piperazine rings is 1. The van der Waals surface area contributed by atoms with Crippen LogP contribution in [0.2, 0.25) is 0 Å². The lowest BCUT2D eigenvalue weighted by Crippen LogP contribution is -2.67. The van der Waals surface area contributed by atoms with Crippen LogP contribution in [0, 0.1) is 5.41 Å². The Morgan fingerprint density at radius 1 is 1.17 bits per heavy atom. The van der Waals surface area contributed by atoms with Gasteiger partial charge in [-0.05, 0) is 5.41 Å². The fourth-order valence-corrected chi connectivity index (χ4v) is 4.38. The molecule has 0 aromatic rings. The van der Waals surface area contributed by atoms with Crippen molar-refractivity contribution in [2.75, 3.05) is 32.2 Å². The molecule has 0 bridgehead atoms. The molecule has 0 aliphatic carbocycles. The van der Waals surface area contributed by atoms with Gasteiger partial charge in [-0.25, -0.2) is 13.2 Å². The van der Waals surface area contributed by atoms with Crippen LogP contribution in [0.15, 0.2) is 0 Å². The molecule has 1 rings (SSSR count). The van der Waals surface area contributed by atoms with Gasteiger partial charge in [-0.3, -0.25) is 4.18 Å². The average molecular weight is 372 g/mol. The molecule has 0 spiro atoms. The zero-order valence-corrected chi connectivity index (χ0v) is 15.5. The predicted octanol–water partition coefficient (Wildman–Crippen LogP) is 0.00110. The molecule has 9 nitrogen and oxygen atoms in total. The molecule has 1 N–H and O–H groups in total. The Labute approximate surface area is 137 Å². The third-order valence-corrected chi connectivity index (χ3v) is 5.51. The number of rotatable bonds is 4. The van der Waals surface area contributed by atoms with Crippen LogP contribution in [0.25, 0.3) is 0 Å². The van der Waals surface area contributed by atoms with Crippen LogP contribution in [-0.2, 0) is 24.3 Å². The van der Waals surface area contributed by atoms with Gasteiger partial charge in [-0.15, -0.1) is 0 Å². The zero-order chi connectivity index (χ0) is 18.2. The summed E-state index contributed by atoms with van der Waals surface area (Å²) in [7, 11) is -7.43. The summed E-state index contributed by atoms with van der Waals surface area (Å²) in [6.07, 6.45) is 0.695. The van der Waals surface area contributed by atoms with Crippen molar-refractivity contribution in [3.05, 3.63) is 0 Å². The minimum absolute atomic E-state index is 0.0136. The van der Waals surface area contributed by atoms with Gasteiger partial charge < -0.3 is 10.0 Å². The zero-order valence-electron chi connectivity index (χ0n) is 13.9. The molecule has 11 heteroatoms. The molecule has 0 saturated carbocycles. The smallest absolute Gasteiger partial charge is 0.407 e. The first kappa shape index (κ1) is 20.1. The molecule has 1 aliphatic heterocycles. The first-order valence-corrected chi connectivity index (χ1v) is 10.6. The Kier molecular flexibility index (Phi) is 5.72. The quantitative estimate of drug-likeness (QED) is 0.689. The maximum atomic E-state index is 12.0. The van der Waals surface area contributed by atoms with E-state index in [1.54, 1.807) is 20.8 Å². The first-order valence-electron chi connectivity index (χ1n) is 6.95. The molecule has 23 heavy (non-hydrogen) atoms. The van der Waals surface area contributed by atoms with Gasteiger partial charge in [0.05, 0.1) is 31.2 Å². The molecule has 1 fully saturated rings. The number of carbonyl (C=O) groups is 1. The number of hydrogen-bond acceptors (Lipinski definition) is 6. The van der Waals surface area contributed by atoms with Crippen molar-refractivity contribution in [2.24, 2.45) is 5.41 Å². The predicted molar refractivity (Wildman–Crippen MR) is 84.1 cm³/mol. The Morgan fingerprint density at radius 2 is 1.70 bits per heavy atom. The van der Waals surface area contributed by atoms with Gasteiger partial charge >= 0.3 is 6.09 Å². The molecule has 1 saturated heterocycles. The minimum atomic E-state index is -3.79. The second-order valence-corrected chi connectivity index (χ2v) is 10.3. The van der Waals surface area contributed by atoms with Crippen molar-refractivity contribution in [3.63, 3.8) is 0 Å². The topological polar surface area (TPSA) is 121 Å². The summed E-state index contributed by atoms with van der Waals surface area (Å²) >= 11 is 0. The SMILES string of the molecule is CC(C)(C)[C@@H]1C(COS(C)(=O)=O)N(S(C)(=O)=O)CCN1C(=O)O. The largest absolute Gasteiger partial charge is 0.465 e. The maximum Gasteiger partial charge on any atom is 0.407 e. The summed E-state index contributed by atoms with van der Waals surface area (Å²) in [5.41, 5.74) is -0.618. The first-order chi connectivity index (χ1) is 10.1. The lowest BCUT2D eigenvalue weighted by molar-refractivity contribution is -0.00411. The Morgan fingerprint density at radius 3 is 2.04 bits per heavy atom. The molecule has 136 valence electrons. The number of carboxylic acid groups (broad SMARTS) is 1. The number of nitrogens with zero attached hydrogens (tertiary/aromatic N) is 2. The molecular weight excluding hydrogens is 348 g/mol. The van der Waals surface area contributed by atoms with E-state index >= 15 is 0 Å². The third kappa shape index (κ3) is 5.30. The van der Waals surface area contributed by atoms with Gasteiger partial charge in [-0.1, -0.05) is 20.8 Å². The fraction of sp³-hybridized carbons (Fsp3) is 0.917. The van der Waals surface area contributed by atoms with Crippen LogP contribution in [-0.4, -0.2) is 81.5 Å². The van der Waals surface area contributed by atoms with Gasteiger partial charge in [0, 0.05) is 13.1 Å². The monoisotopic (exact) mass is 372 g/mol. The van der Waals surface area contributed by atoms with E-state index < -0.39 is 50.3 Å². The summed E-state index contributed by atoms with van der Waals surface area (Å²) in [6.45, 7) is 4.85. The van der Waals surface area contributed by atoms with E-state index in [0.29, 0.717) is 0 Å². The lowest BCUT2D eigenvalue weighted by Gasteiger charge is -2.50. The highest BCUT2D eigenvalue weighted by Crippen LogP contribution is 2.33. The van der Waals surface area contributed by atoms with E-state index in [-0.39, 0.29) is 13.1 Å². The highest BCUT2D eigenvalue weighted by Gasteiger charge is 2.48. The third-order valence-electron chi connectivity index (χ3n) is 3.64. The summed E-state index contributed by atoms with van der Waals surface area (Å²) in [6, 6.07) is -1.67. The van der Waals surface area contributed by atoms with Crippen LogP contribution in [0.5, 0.6) is 0 Å². The summed E-state index contributed by atoms with van der Waals surface area (Å²) in [5, 5.41) is 9.41. The van der Waals surface area contributed by atoms with Crippen molar-refractivity contribution in [3.8, 4) is 0 Å². The Hall–Kier alpha value is -0.910.